The fourth-order valence-corrected chi connectivity index (χ4v) is 2.60. The summed E-state index contributed by atoms with van der Waals surface area (Å²) in [6.45, 7) is 2.64. The largest absolute Gasteiger partial charge is 0.361 e. The zero-order chi connectivity index (χ0) is 14.1. The highest BCUT2D eigenvalue weighted by molar-refractivity contribution is 6.34. The number of H-pyrrole nitrogens is 1. The molecule has 0 bridgehead atoms. The van der Waals surface area contributed by atoms with Crippen molar-refractivity contribution in [1.82, 2.24) is 4.98 Å². The number of hydrogen-bond donors (Lipinski definition) is 3. The number of hydrogen-bond acceptors (Lipinski definition) is 2. The minimum absolute atomic E-state index is 0.0582. The van der Waals surface area contributed by atoms with Crippen LogP contribution in [0.1, 0.15) is 22.4 Å². The molecule has 0 atom stereocenters. The van der Waals surface area contributed by atoms with Crippen LogP contribution in [-0.2, 0) is 11.2 Å². The monoisotopic (exact) mass is 267 g/mol. The van der Waals surface area contributed by atoms with Gasteiger partial charge in [-0.1, -0.05) is 18.2 Å². The normalized spacial score (nSPS) is 15.5. The van der Waals surface area contributed by atoms with Crippen molar-refractivity contribution in [3.8, 4) is 0 Å². The number of rotatable bonds is 3. The number of fused-ring (bicyclic) bond motifs is 1. The Morgan fingerprint density at radius 2 is 2.10 bits per heavy atom. The van der Waals surface area contributed by atoms with Crippen LogP contribution in [0.5, 0.6) is 0 Å². The smallest absolute Gasteiger partial charge is 0.256 e. The van der Waals surface area contributed by atoms with E-state index in [1.54, 1.807) is 0 Å². The van der Waals surface area contributed by atoms with Crippen LogP contribution in [0.15, 0.2) is 30.5 Å². The van der Waals surface area contributed by atoms with Crippen molar-refractivity contribution < 1.29 is 4.79 Å². The van der Waals surface area contributed by atoms with Crippen molar-refractivity contribution >= 4 is 23.2 Å². The molecule has 2 aromatic rings. The highest BCUT2D eigenvalue weighted by Gasteiger charge is 2.23. The Labute approximate surface area is 117 Å². The van der Waals surface area contributed by atoms with Gasteiger partial charge in [0.1, 0.15) is 0 Å². The minimum Gasteiger partial charge on any atom is -0.361 e. The maximum absolute atomic E-state index is 12.1. The second-order valence-corrected chi connectivity index (χ2v) is 4.96. The molecule has 4 N–H and O–H groups in total. The lowest BCUT2D eigenvalue weighted by Crippen LogP contribution is -2.05. The Morgan fingerprint density at radius 1 is 1.30 bits per heavy atom. The van der Waals surface area contributed by atoms with Gasteiger partial charge in [0.2, 0.25) is 0 Å². The summed E-state index contributed by atoms with van der Waals surface area (Å²) in [5.74, 6) is -0.0582. The molecule has 1 aliphatic heterocycles. The minimum atomic E-state index is -0.0582. The molecular formula is C16H17N3O. The van der Waals surface area contributed by atoms with E-state index in [0.717, 1.165) is 23.4 Å². The van der Waals surface area contributed by atoms with Crippen molar-refractivity contribution in [3.63, 3.8) is 0 Å². The van der Waals surface area contributed by atoms with Crippen molar-refractivity contribution in [2.24, 2.45) is 5.73 Å². The van der Waals surface area contributed by atoms with Gasteiger partial charge >= 0.3 is 0 Å². The fourth-order valence-electron chi connectivity index (χ4n) is 2.60. The summed E-state index contributed by atoms with van der Waals surface area (Å²) in [5, 5.41) is 2.88. The molecule has 0 spiro atoms. The molecular weight excluding hydrogens is 250 g/mol. The summed E-state index contributed by atoms with van der Waals surface area (Å²) >= 11 is 0. The highest BCUT2D eigenvalue weighted by Crippen LogP contribution is 2.33. The third-order valence-corrected chi connectivity index (χ3v) is 3.64. The van der Waals surface area contributed by atoms with Crippen LogP contribution in [0.3, 0.4) is 0 Å². The van der Waals surface area contributed by atoms with Crippen molar-refractivity contribution in [2.75, 3.05) is 11.9 Å². The molecule has 2 heterocycles. The van der Waals surface area contributed by atoms with Gasteiger partial charge in [0.05, 0.1) is 5.57 Å². The average Bonchev–Trinajstić information content (AvgIpc) is 2.94. The predicted octanol–water partition coefficient (Wildman–Crippen LogP) is 2.32. The van der Waals surface area contributed by atoms with Gasteiger partial charge in [0.15, 0.2) is 0 Å². The predicted molar refractivity (Wildman–Crippen MR) is 81.2 cm³/mol. The van der Waals surface area contributed by atoms with E-state index in [1.807, 2.05) is 43.5 Å². The van der Waals surface area contributed by atoms with E-state index in [4.69, 9.17) is 5.73 Å². The lowest BCUT2D eigenvalue weighted by Gasteiger charge is -2.02. The SMILES string of the molecule is Cc1c[nH]c(C=C2C(=O)Nc3ccccc32)c1CCN. The summed E-state index contributed by atoms with van der Waals surface area (Å²) in [6.07, 6.45) is 4.67. The highest BCUT2D eigenvalue weighted by atomic mass is 16.2. The van der Waals surface area contributed by atoms with Crippen molar-refractivity contribution in [1.29, 1.82) is 0 Å². The molecule has 20 heavy (non-hydrogen) atoms. The molecule has 4 heteroatoms. The summed E-state index contributed by atoms with van der Waals surface area (Å²) in [5.41, 5.74) is 11.5. The van der Waals surface area contributed by atoms with Gasteiger partial charge in [-0.3, -0.25) is 4.79 Å². The van der Waals surface area contributed by atoms with E-state index in [-0.39, 0.29) is 5.91 Å². The van der Waals surface area contributed by atoms with Crippen LogP contribution in [0, 0.1) is 6.92 Å². The zero-order valence-electron chi connectivity index (χ0n) is 11.4. The number of anilines is 1. The van der Waals surface area contributed by atoms with Crippen LogP contribution in [0.2, 0.25) is 0 Å². The number of nitrogens with one attached hydrogen (secondary N) is 2. The first-order valence-corrected chi connectivity index (χ1v) is 6.70. The topological polar surface area (TPSA) is 70.9 Å². The van der Waals surface area contributed by atoms with Crippen molar-refractivity contribution in [2.45, 2.75) is 13.3 Å². The lowest BCUT2D eigenvalue weighted by molar-refractivity contribution is -0.110. The standard InChI is InChI=1S/C16H17N3O/c1-10-9-18-15(11(10)6-7-17)8-13-12-4-2-3-5-14(12)19-16(13)20/h2-5,8-9,18H,6-7,17H2,1H3,(H,19,20). The number of carbonyl (C=O) groups is 1. The summed E-state index contributed by atoms with van der Waals surface area (Å²) < 4.78 is 0. The summed E-state index contributed by atoms with van der Waals surface area (Å²) in [6, 6.07) is 7.72. The third-order valence-electron chi connectivity index (χ3n) is 3.64. The van der Waals surface area contributed by atoms with Crippen LogP contribution in [0.4, 0.5) is 5.69 Å². The molecule has 1 aromatic carbocycles. The number of aromatic nitrogens is 1. The van der Waals surface area contributed by atoms with E-state index in [0.29, 0.717) is 12.1 Å². The van der Waals surface area contributed by atoms with E-state index >= 15 is 0 Å². The quantitative estimate of drug-likeness (QED) is 0.747. The first-order valence-electron chi connectivity index (χ1n) is 6.70. The molecule has 0 saturated carbocycles. The molecule has 0 radical (unpaired) electrons. The molecule has 0 unspecified atom stereocenters. The van der Waals surface area contributed by atoms with Gasteiger partial charge < -0.3 is 16.0 Å². The maximum Gasteiger partial charge on any atom is 0.256 e. The number of aromatic amines is 1. The lowest BCUT2D eigenvalue weighted by atomic mass is 10.0. The maximum atomic E-state index is 12.1. The van der Waals surface area contributed by atoms with E-state index in [9.17, 15) is 4.79 Å². The Balaban J connectivity index is 2.07. The van der Waals surface area contributed by atoms with E-state index in [2.05, 4.69) is 10.3 Å². The number of benzene rings is 1. The fraction of sp³-hybridized carbons (Fsp3) is 0.188. The molecule has 4 nitrogen and oxygen atoms in total. The Bertz CT molecular complexity index is 697. The van der Waals surface area contributed by atoms with Crippen LogP contribution in [-0.4, -0.2) is 17.4 Å². The summed E-state index contributed by atoms with van der Waals surface area (Å²) in [4.78, 5) is 15.3. The molecule has 1 amide bonds. The Hall–Kier alpha value is -2.33. The van der Waals surface area contributed by atoms with Crippen LogP contribution < -0.4 is 11.1 Å². The Kier molecular flexibility index (Phi) is 3.16. The first kappa shape index (κ1) is 12.7. The molecule has 102 valence electrons. The number of para-hydroxylation sites is 1. The van der Waals surface area contributed by atoms with Crippen molar-refractivity contribution in [3.05, 3.63) is 52.8 Å². The molecule has 0 aliphatic carbocycles. The van der Waals surface area contributed by atoms with Gasteiger partial charge in [-0.05, 0) is 43.2 Å². The van der Waals surface area contributed by atoms with Gasteiger partial charge in [-0.25, -0.2) is 0 Å². The average molecular weight is 267 g/mol. The number of nitrogens with two attached hydrogens (primary N) is 1. The van der Waals surface area contributed by atoms with Gasteiger partial charge in [0.25, 0.3) is 5.91 Å². The second kappa shape index (κ2) is 4.98. The van der Waals surface area contributed by atoms with Gasteiger partial charge in [0, 0.05) is 23.1 Å². The Morgan fingerprint density at radius 3 is 2.90 bits per heavy atom. The molecule has 3 rings (SSSR count). The number of carbonyl (C=O) groups excluding carboxylic acids is 1. The van der Waals surface area contributed by atoms with Crippen LogP contribution in [0.25, 0.3) is 11.6 Å². The molecule has 0 saturated heterocycles. The van der Waals surface area contributed by atoms with Crippen LogP contribution >= 0.6 is 0 Å². The summed E-state index contributed by atoms with van der Waals surface area (Å²) in [7, 11) is 0. The van der Waals surface area contributed by atoms with E-state index < -0.39 is 0 Å². The number of amides is 1. The molecule has 1 aromatic heterocycles. The zero-order valence-corrected chi connectivity index (χ0v) is 11.4. The van der Waals surface area contributed by atoms with E-state index in [1.165, 1.54) is 11.1 Å². The first-order chi connectivity index (χ1) is 9.70. The second-order valence-electron chi connectivity index (χ2n) is 4.96. The number of aryl methyl sites for hydroxylation is 1. The molecule has 0 fully saturated rings. The molecule has 1 aliphatic rings. The third kappa shape index (κ3) is 2.04. The van der Waals surface area contributed by atoms with Gasteiger partial charge in [-0.2, -0.15) is 0 Å². The van der Waals surface area contributed by atoms with Gasteiger partial charge in [-0.15, -0.1) is 0 Å².